The van der Waals surface area contributed by atoms with E-state index in [2.05, 4.69) is 17.2 Å². The first-order valence-corrected chi connectivity index (χ1v) is 5.55. The van der Waals surface area contributed by atoms with E-state index in [4.69, 9.17) is 16.0 Å². The molecule has 0 aliphatic carbocycles. The number of hydrogen-bond donors (Lipinski definition) is 1. The lowest BCUT2D eigenvalue weighted by molar-refractivity contribution is 0.597. The average molecular weight is 225 g/mol. The molecule has 15 heavy (non-hydrogen) atoms. The monoisotopic (exact) mass is 224 g/mol. The highest BCUT2D eigenvalue weighted by molar-refractivity contribution is 6.18. The van der Waals surface area contributed by atoms with Crippen molar-refractivity contribution >= 4 is 28.7 Å². The Hall–Kier alpha value is -1.22. The van der Waals surface area contributed by atoms with Gasteiger partial charge in [-0.3, -0.25) is 0 Å². The van der Waals surface area contributed by atoms with Crippen LogP contribution in [-0.2, 0) is 0 Å². The summed E-state index contributed by atoms with van der Waals surface area (Å²) < 4.78 is 5.52. The van der Waals surface area contributed by atoms with E-state index in [0.717, 1.165) is 17.5 Å². The molecule has 0 saturated heterocycles. The van der Waals surface area contributed by atoms with Crippen LogP contribution in [0.25, 0.3) is 11.1 Å². The molecule has 0 aliphatic rings. The molecule has 1 atom stereocenters. The van der Waals surface area contributed by atoms with Crippen molar-refractivity contribution in [3.63, 3.8) is 0 Å². The zero-order valence-corrected chi connectivity index (χ0v) is 9.29. The SMILES string of the molecule is CCC(CCl)Nc1nc2ccccc2o1. The maximum atomic E-state index is 5.78. The molecule has 1 unspecified atom stereocenters. The molecule has 0 bridgehead atoms. The lowest BCUT2D eigenvalue weighted by atomic mass is 10.3. The molecule has 1 aromatic carbocycles. The zero-order chi connectivity index (χ0) is 10.7. The highest BCUT2D eigenvalue weighted by Crippen LogP contribution is 2.19. The first-order chi connectivity index (χ1) is 7.33. The molecule has 3 nitrogen and oxygen atoms in total. The van der Waals surface area contributed by atoms with Crippen molar-refractivity contribution in [3.05, 3.63) is 24.3 Å². The van der Waals surface area contributed by atoms with E-state index in [0.29, 0.717) is 11.9 Å². The van der Waals surface area contributed by atoms with Crippen LogP contribution in [0.5, 0.6) is 0 Å². The minimum atomic E-state index is 0.208. The molecule has 0 radical (unpaired) electrons. The standard InChI is InChI=1S/C11H13ClN2O/c1-2-8(7-12)13-11-14-9-5-3-4-6-10(9)15-11/h3-6,8H,2,7H2,1H3,(H,13,14). The highest BCUT2D eigenvalue weighted by atomic mass is 35.5. The van der Waals surface area contributed by atoms with Crippen molar-refractivity contribution in [2.75, 3.05) is 11.2 Å². The van der Waals surface area contributed by atoms with E-state index < -0.39 is 0 Å². The molecule has 2 rings (SSSR count). The molecular weight excluding hydrogens is 212 g/mol. The molecule has 1 N–H and O–H groups in total. The van der Waals surface area contributed by atoms with Gasteiger partial charge in [0, 0.05) is 11.9 Å². The minimum absolute atomic E-state index is 0.208. The number of aromatic nitrogens is 1. The third kappa shape index (κ3) is 2.23. The van der Waals surface area contributed by atoms with Gasteiger partial charge in [0.2, 0.25) is 0 Å². The molecule has 0 spiro atoms. The topological polar surface area (TPSA) is 38.1 Å². The lowest BCUT2D eigenvalue weighted by Crippen LogP contribution is -2.20. The van der Waals surface area contributed by atoms with Crippen molar-refractivity contribution in [2.45, 2.75) is 19.4 Å². The number of para-hydroxylation sites is 2. The third-order valence-corrected chi connectivity index (χ3v) is 2.67. The predicted molar refractivity (Wildman–Crippen MR) is 62.4 cm³/mol. The van der Waals surface area contributed by atoms with E-state index >= 15 is 0 Å². The Morgan fingerprint density at radius 3 is 2.93 bits per heavy atom. The van der Waals surface area contributed by atoms with Crippen molar-refractivity contribution in [2.24, 2.45) is 0 Å². The molecule has 4 heteroatoms. The number of fused-ring (bicyclic) bond motifs is 1. The molecule has 2 aromatic rings. The largest absolute Gasteiger partial charge is 0.424 e. The number of benzene rings is 1. The first kappa shape index (κ1) is 10.3. The van der Waals surface area contributed by atoms with Crippen LogP contribution in [0.2, 0.25) is 0 Å². The highest BCUT2D eigenvalue weighted by Gasteiger charge is 2.09. The normalized spacial score (nSPS) is 12.9. The van der Waals surface area contributed by atoms with Crippen molar-refractivity contribution in [1.82, 2.24) is 4.98 Å². The van der Waals surface area contributed by atoms with E-state index in [1.807, 2.05) is 24.3 Å². The van der Waals surface area contributed by atoms with Gasteiger partial charge in [-0.05, 0) is 18.6 Å². The average Bonchev–Trinajstić information content (AvgIpc) is 2.68. The van der Waals surface area contributed by atoms with Crippen LogP contribution in [0, 0.1) is 0 Å². The fraction of sp³-hybridized carbons (Fsp3) is 0.364. The number of rotatable bonds is 4. The first-order valence-electron chi connectivity index (χ1n) is 5.01. The molecular formula is C11H13ClN2O. The van der Waals surface area contributed by atoms with Crippen molar-refractivity contribution in [3.8, 4) is 0 Å². The maximum Gasteiger partial charge on any atom is 0.295 e. The number of alkyl halides is 1. The van der Waals surface area contributed by atoms with E-state index in [9.17, 15) is 0 Å². The second kappa shape index (κ2) is 4.53. The lowest BCUT2D eigenvalue weighted by Gasteiger charge is -2.10. The summed E-state index contributed by atoms with van der Waals surface area (Å²) in [7, 11) is 0. The van der Waals surface area contributed by atoms with Crippen LogP contribution in [0.15, 0.2) is 28.7 Å². The number of hydrogen-bond acceptors (Lipinski definition) is 3. The van der Waals surface area contributed by atoms with Gasteiger partial charge >= 0.3 is 0 Å². The Balaban J connectivity index is 2.21. The van der Waals surface area contributed by atoms with Crippen LogP contribution >= 0.6 is 11.6 Å². The second-order valence-electron chi connectivity index (χ2n) is 3.39. The molecule has 0 amide bonds. The fourth-order valence-electron chi connectivity index (χ4n) is 1.36. The second-order valence-corrected chi connectivity index (χ2v) is 3.70. The van der Waals surface area contributed by atoms with Gasteiger partial charge in [0.25, 0.3) is 6.01 Å². The van der Waals surface area contributed by atoms with E-state index in [1.165, 1.54) is 0 Å². The summed E-state index contributed by atoms with van der Waals surface area (Å²) in [6.07, 6.45) is 0.947. The Morgan fingerprint density at radius 2 is 2.27 bits per heavy atom. The molecule has 1 aromatic heterocycles. The number of anilines is 1. The molecule has 0 fully saturated rings. The van der Waals surface area contributed by atoms with Crippen molar-refractivity contribution < 1.29 is 4.42 Å². The summed E-state index contributed by atoms with van der Waals surface area (Å²) >= 11 is 5.78. The van der Waals surface area contributed by atoms with E-state index in [1.54, 1.807) is 0 Å². The van der Waals surface area contributed by atoms with Gasteiger partial charge in [-0.2, -0.15) is 4.98 Å². The quantitative estimate of drug-likeness (QED) is 0.811. The summed E-state index contributed by atoms with van der Waals surface area (Å²) in [6, 6.07) is 8.44. The Morgan fingerprint density at radius 1 is 1.47 bits per heavy atom. The summed E-state index contributed by atoms with van der Waals surface area (Å²) in [5, 5.41) is 3.16. The molecule has 0 saturated carbocycles. The van der Waals surface area contributed by atoms with Crippen LogP contribution < -0.4 is 5.32 Å². The minimum Gasteiger partial charge on any atom is -0.424 e. The van der Waals surface area contributed by atoms with Gasteiger partial charge in [-0.1, -0.05) is 19.1 Å². The van der Waals surface area contributed by atoms with Gasteiger partial charge < -0.3 is 9.73 Å². The Bertz CT molecular complexity index is 404. The fourth-order valence-corrected chi connectivity index (χ4v) is 1.65. The third-order valence-electron chi connectivity index (χ3n) is 2.30. The summed E-state index contributed by atoms with van der Waals surface area (Å²) in [6.45, 7) is 2.07. The van der Waals surface area contributed by atoms with Gasteiger partial charge in [-0.15, -0.1) is 11.6 Å². The number of oxazole rings is 1. The van der Waals surface area contributed by atoms with Crippen LogP contribution in [0.4, 0.5) is 6.01 Å². The molecule has 80 valence electrons. The summed E-state index contributed by atoms with van der Waals surface area (Å²) in [5.41, 5.74) is 1.66. The Kier molecular flexibility index (Phi) is 3.11. The van der Waals surface area contributed by atoms with Gasteiger partial charge in [-0.25, -0.2) is 0 Å². The number of nitrogens with one attached hydrogen (secondary N) is 1. The van der Waals surface area contributed by atoms with Gasteiger partial charge in [0.05, 0.1) is 0 Å². The van der Waals surface area contributed by atoms with Gasteiger partial charge in [0.1, 0.15) is 5.52 Å². The van der Waals surface area contributed by atoms with Crippen LogP contribution in [-0.4, -0.2) is 16.9 Å². The molecule has 0 aliphatic heterocycles. The van der Waals surface area contributed by atoms with Gasteiger partial charge in [0.15, 0.2) is 5.58 Å². The maximum absolute atomic E-state index is 5.78. The molecule has 1 heterocycles. The van der Waals surface area contributed by atoms with Crippen LogP contribution in [0.1, 0.15) is 13.3 Å². The van der Waals surface area contributed by atoms with Crippen LogP contribution in [0.3, 0.4) is 0 Å². The smallest absolute Gasteiger partial charge is 0.295 e. The number of halogens is 1. The number of nitrogens with zero attached hydrogens (tertiary/aromatic N) is 1. The predicted octanol–water partition coefficient (Wildman–Crippen LogP) is 3.26. The Labute approximate surface area is 93.4 Å². The van der Waals surface area contributed by atoms with Crippen molar-refractivity contribution in [1.29, 1.82) is 0 Å². The summed E-state index contributed by atoms with van der Waals surface area (Å²) in [5.74, 6) is 0.551. The van der Waals surface area contributed by atoms with E-state index in [-0.39, 0.29) is 6.04 Å². The summed E-state index contributed by atoms with van der Waals surface area (Å²) in [4.78, 5) is 4.31. The zero-order valence-electron chi connectivity index (χ0n) is 8.53.